The highest BCUT2D eigenvalue weighted by Gasteiger charge is 2.38. The number of nitrogens with two attached hydrogens (primary N) is 1. The maximum absolute atomic E-state index is 6.00. The molecular weight excluding hydrogens is 166 g/mol. The summed E-state index contributed by atoms with van der Waals surface area (Å²) < 4.78 is 0. The number of hydrogen-bond acceptors (Lipinski definition) is 2. The van der Waals surface area contributed by atoms with Crippen LogP contribution in [0, 0.1) is 10.8 Å². The zero-order valence-electron chi connectivity index (χ0n) is 8.26. The number of hydrogen-bond donors (Lipinski definition) is 1. The monoisotopic (exact) mass is 185 g/mol. The van der Waals surface area contributed by atoms with Gasteiger partial charge in [-0.3, -0.25) is 0 Å². The SMILES string of the molecule is CC1(C)CC(N)CC(C)(C=S)C1. The Morgan fingerprint density at radius 1 is 1.33 bits per heavy atom. The standard InChI is InChI=1S/C10H19NS/c1-9(2)4-8(11)5-10(3,6-9)7-12/h7-8H,4-6,11H2,1-3H3. The summed E-state index contributed by atoms with van der Waals surface area (Å²) in [4.78, 5) is 0. The molecule has 1 fully saturated rings. The molecule has 1 rings (SSSR count). The van der Waals surface area contributed by atoms with Crippen molar-refractivity contribution in [1.82, 2.24) is 0 Å². The summed E-state index contributed by atoms with van der Waals surface area (Å²) in [6.07, 6.45) is 3.36. The van der Waals surface area contributed by atoms with E-state index >= 15 is 0 Å². The molecule has 2 heteroatoms. The summed E-state index contributed by atoms with van der Waals surface area (Å²) >= 11 is 5.06. The Kier molecular flexibility index (Phi) is 2.60. The second-order valence-electron chi connectivity index (χ2n) is 5.28. The third-order valence-electron chi connectivity index (χ3n) is 2.71. The zero-order valence-corrected chi connectivity index (χ0v) is 9.08. The van der Waals surface area contributed by atoms with Gasteiger partial charge in [0.15, 0.2) is 0 Å². The van der Waals surface area contributed by atoms with Gasteiger partial charge in [0.05, 0.1) is 0 Å². The average Bonchev–Trinajstić information content (AvgIpc) is 1.82. The normalized spacial score (nSPS) is 40.8. The van der Waals surface area contributed by atoms with E-state index in [9.17, 15) is 0 Å². The molecule has 0 bridgehead atoms. The van der Waals surface area contributed by atoms with Crippen LogP contribution in [-0.2, 0) is 0 Å². The van der Waals surface area contributed by atoms with E-state index < -0.39 is 0 Å². The molecule has 0 spiro atoms. The van der Waals surface area contributed by atoms with Crippen LogP contribution in [0.5, 0.6) is 0 Å². The summed E-state index contributed by atoms with van der Waals surface area (Å²) in [6.45, 7) is 6.78. The molecule has 0 heterocycles. The quantitative estimate of drug-likeness (QED) is 0.635. The third kappa shape index (κ3) is 2.27. The topological polar surface area (TPSA) is 26.0 Å². The molecule has 0 aromatic rings. The Morgan fingerprint density at radius 2 is 1.92 bits per heavy atom. The Bertz CT molecular complexity index is 188. The van der Waals surface area contributed by atoms with Crippen LogP contribution in [0.1, 0.15) is 40.0 Å². The van der Waals surface area contributed by atoms with E-state index in [0.29, 0.717) is 11.5 Å². The highest BCUT2D eigenvalue weighted by molar-refractivity contribution is 7.79. The van der Waals surface area contributed by atoms with Gasteiger partial charge in [0.1, 0.15) is 0 Å². The van der Waals surface area contributed by atoms with E-state index in [1.165, 1.54) is 6.42 Å². The van der Waals surface area contributed by atoms with Crippen LogP contribution >= 0.6 is 12.2 Å². The van der Waals surface area contributed by atoms with Crippen molar-refractivity contribution in [2.45, 2.75) is 46.1 Å². The van der Waals surface area contributed by atoms with Gasteiger partial charge in [-0.05, 0) is 35.5 Å². The van der Waals surface area contributed by atoms with Crippen molar-refractivity contribution < 1.29 is 0 Å². The van der Waals surface area contributed by atoms with E-state index in [0.717, 1.165) is 12.8 Å². The summed E-state index contributed by atoms with van der Waals surface area (Å²) in [6, 6.07) is 0.331. The lowest BCUT2D eigenvalue weighted by atomic mass is 9.64. The third-order valence-corrected chi connectivity index (χ3v) is 3.28. The van der Waals surface area contributed by atoms with Gasteiger partial charge in [0, 0.05) is 6.04 Å². The van der Waals surface area contributed by atoms with Crippen LogP contribution in [-0.4, -0.2) is 11.4 Å². The fourth-order valence-electron chi connectivity index (χ4n) is 2.71. The first kappa shape index (κ1) is 10.1. The van der Waals surface area contributed by atoms with Crippen molar-refractivity contribution in [1.29, 1.82) is 0 Å². The first-order valence-electron chi connectivity index (χ1n) is 4.59. The van der Waals surface area contributed by atoms with Gasteiger partial charge in [-0.15, -0.1) is 0 Å². The minimum atomic E-state index is 0.191. The Balaban J connectivity index is 2.76. The van der Waals surface area contributed by atoms with Crippen molar-refractivity contribution in [3.05, 3.63) is 0 Å². The van der Waals surface area contributed by atoms with Crippen molar-refractivity contribution in [3.8, 4) is 0 Å². The second-order valence-corrected chi connectivity index (χ2v) is 5.52. The van der Waals surface area contributed by atoms with Gasteiger partial charge in [-0.25, -0.2) is 0 Å². The van der Waals surface area contributed by atoms with E-state index in [1.54, 1.807) is 0 Å². The summed E-state index contributed by atoms with van der Waals surface area (Å²) in [7, 11) is 0. The molecule has 0 aromatic carbocycles. The Morgan fingerprint density at radius 3 is 2.33 bits per heavy atom. The molecule has 0 saturated heterocycles. The molecule has 0 radical (unpaired) electrons. The highest BCUT2D eigenvalue weighted by Crippen LogP contribution is 2.44. The maximum atomic E-state index is 6.00. The van der Waals surface area contributed by atoms with Crippen molar-refractivity contribution in [2.24, 2.45) is 16.6 Å². The predicted octanol–water partition coefficient (Wildman–Crippen LogP) is 2.53. The highest BCUT2D eigenvalue weighted by atomic mass is 32.1. The van der Waals surface area contributed by atoms with Crippen LogP contribution in [0.4, 0.5) is 0 Å². The molecule has 1 nitrogen and oxygen atoms in total. The molecule has 12 heavy (non-hydrogen) atoms. The van der Waals surface area contributed by atoms with Crippen LogP contribution in [0.25, 0.3) is 0 Å². The molecule has 0 aliphatic heterocycles. The largest absolute Gasteiger partial charge is 0.328 e. The molecule has 0 aromatic heterocycles. The van der Waals surface area contributed by atoms with Crippen molar-refractivity contribution in [3.63, 3.8) is 0 Å². The number of rotatable bonds is 1. The lowest BCUT2D eigenvalue weighted by Gasteiger charge is -2.43. The van der Waals surface area contributed by atoms with E-state index in [-0.39, 0.29) is 5.41 Å². The molecule has 1 saturated carbocycles. The predicted molar refractivity (Wildman–Crippen MR) is 57.4 cm³/mol. The minimum Gasteiger partial charge on any atom is -0.328 e. The number of thiocarbonyl (C=S) groups is 1. The minimum absolute atomic E-state index is 0.191. The summed E-state index contributed by atoms with van der Waals surface area (Å²) in [5.74, 6) is 0. The van der Waals surface area contributed by atoms with Gasteiger partial charge >= 0.3 is 0 Å². The van der Waals surface area contributed by atoms with E-state index in [1.807, 2.05) is 5.37 Å². The molecule has 0 amide bonds. The zero-order chi connectivity index (χ0) is 9.41. The molecule has 2 N–H and O–H groups in total. The summed E-state index contributed by atoms with van der Waals surface area (Å²) in [5.41, 5.74) is 6.55. The molecular formula is C10H19NS. The molecule has 2 unspecified atom stereocenters. The fraction of sp³-hybridized carbons (Fsp3) is 0.900. The molecule has 1 aliphatic carbocycles. The Labute approximate surface area is 80.7 Å². The van der Waals surface area contributed by atoms with Crippen molar-refractivity contribution in [2.75, 3.05) is 0 Å². The van der Waals surface area contributed by atoms with Gasteiger partial charge < -0.3 is 5.73 Å². The van der Waals surface area contributed by atoms with E-state index in [4.69, 9.17) is 18.0 Å². The smallest absolute Gasteiger partial charge is 0.00523 e. The Hall–Kier alpha value is 0.0500. The van der Waals surface area contributed by atoms with Gasteiger partial charge in [0.2, 0.25) is 0 Å². The van der Waals surface area contributed by atoms with Crippen LogP contribution in [0.2, 0.25) is 0 Å². The lowest BCUT2D eigenvalue weighted by Crippen LogP contribution is -2.42. The second kappa shape index (κ2) is 3.08. The molecule has 70 valence electrons. The fourth-order valence-corrected chi connectivity index (χ4v) is 2.89. The summed E-state index contributed by atoms with van der Waals surface area (Å²) in [5, 5.41) is 1.91. The lowest BCUT2D eigenvalue weighted by molar-refractivity contribution is 0.139. The maximum Gasteiger partial charge on any atom is 0.00523 e. The first-order chi connectivity index (χ1) is 5.37. The molecule has 2 atom stereocenters. The van der Waals surface area contributed by atoms with Gasteiger partial charge in [0.25, 0.3) is 0 Å². The first-order valence-corrected chi connectivity index (χ1v) is 5.06. The van der Waals surface area contributed by atoms with Gasteiger partial charge in [-0.1, -0.05) is 33.0 Å². The molecule has 1 aliphatic rings. The van der Waals surface area contributed by atoms with Crippen LogP contribution in [0.15, 0.2) is 0 Å². The van der Waals surface area contributed by atoms with Crippen LogP contribution < -0.4 is 5.73 Å². The van der Waals surface area contributed by atoms with Crippen LogP contribution in [0.3, 0.4) is 0 Å². The van der Waals surface area contributed by atoms with E-state index in [2.05, 4.69) is 20.8 Å². The van der Waals surface area contributed by atoms with Gasteiger partial charge in [-0.2, -0.15) is 0 Å². The average molecular weight is 185 g/mol. The van der Waals surface area contributed by atoms with Crippen molar-refractivity contribution >= 4 is 17.6 Å².